The first-order valence-electron chi connectivity index (χ1n) is 13.7. The molecule has 2 N–H and O–H groups in total. The summed E-state index contributed by atoms with van der Waals surface area (Å²) in [5.74, 6) is -2.26. The largest absolute Gasteiger partial charge is 0.508 e. The number of nitrogens with one attached hydrogen (secondary N) is 1. The molecule has 1 aromatic heterocycles. The zero-order valence-electron chi connectivity index (χ0n) is 23.5. The Kier molecular flexibility index (Phi) is 7.60. The normalized spacial score (nSPS) is 19.7. The maximum absolute atomic E-state index is 14.1. The van der Waals surface area contributed by atoms with E-state index in [1.807, 2.05) is 24.3 Å². The maximum atomic E-state index is 14.1. The van der Waals surface area contributed by atoms with E-state index in [1.54, 1.807) is 36.4 Å². The molecular formula is C32H28BrN3O5S2. The number of amides is 3. The van der Waals surface area contributed by atoms with Gasteiger partial charge in [-0.1, -0.05) is 84.1 Å². The topological polar surface area (TPSA) is 109 Å². The van der Waals surface area contributed by atoms with Crippen LogP contribution in [-0.4, -0.2) is 32.6 Å². The molecule has 6 rings (SSSR count). The van der Waals surface area contributed by atoms with Crippen molar-refractivity contribution in [3.05, 3.63) is 103 Å². The SMILES string of the molecule is CC(C)(C)c1ccc(C2c3sc(=O)n(CC(=O)Nc4ccc(O)cc4)c3SC3C(=O)N(c4ccc(Br)cc4)C(=O)C32)cc1. The zero-order valence-corrected chi connectivity index (χ0v) is 26.8. The highest BCUT2D eigenvalue weighted by molar-refractivity contribution is 9.10. The summed E-state index contributed by atoms with van der Waals surface area (Å²) < 4.78 is 2.23. The fourth-order valence-corrected chi connectivity index (χ4v) is 8.58. The van der Waals surface area contributed by atoms with E-state index in [0.717, 1.165) is 26.9 Å². The van der Waals surface area contributed by atoms with Crippen LogP contribution < -0.4 is 15.1 Å². The second kappa shape index (κ2) is 11.1. The summed E-state index contributed by atoms with van der Waals surface area (Å²) in [6, 6.07) is 21.1. The average molecular weight is 679 g/mol. The van der Waals surface area contributed by atoms with Crippen molar-refractivity contribution in [2.75, 3.05) is 10.2 Å². The lowest BCUT2D eigenvalue weighted by atomic mass is 9.81. The van der Waals surface area contributed by atoms with Crippen molar-refractivity contribution in [1.29, 1.82) is 0 Å². The van der Waals surface area contributed by atoms with Gasteiger partial charge in [0.2, 0.25) is 17.7 Å². The van der Waals surface area contributed by atoms with Crippen LogP contribution in [0.3, 0.4) is 0 Å². The van der Waals surface area contributed by atoms with Gasteiger partial charge in [-0.3, -0.25) is 23.7 Å². The Morgan fingerprint density at radius 2 is 1.58 bits per heavy atom. The number of rotatable bonds is 5. The van der Waals surface area contributed by atoms with E-state index in [9.17, 15) is 24.3 Å². The van der Waals surface area contributed by atoms with Crippen molar-refractivity contribution in [2.45, 2.75) is 48.9 Å². The van der Waals surface area contributed by atoms with Crippen LogP contribution >= 0.6 is 39.0 Å². The quantitative estimate of drug-likeness (QED) is 0.195. The molecule has 0 radical (unpaired) electrons. The Balaban J connectivity index is 1.41. The van der Waals surface area contributed by atoms with Crippen molar-refractivity contribution >= 4 is 68.1 Å². The molecule has 43 heavy (non-hydrogen) atoms. The van der Waals surface area contributed by atoms with Crippen LogP contribution in [0.5, 0.6) is 5.75 Å². The molecule has 3 unspecified atom stereocenters. The molecule has 2 aliphatic heterocycles. The van der Waals surface area contributed by atoms with Crippen molar-refractivity contribution in [2.24, 2.45) is 5.92 Å². The molecule has 1 saturated heterocycles. The molecule has 3 aromatic carbocycles. The molecule has 220 valence electrons. The van der Waals surface area contributed by atoms with Gasteiger partial charge in [0.15, 0.2) is 0 Å². The van der Waals surface area contributed by atoms with Crippen LogP contribution in [0.15, 0.2) is 87.1 Å². The Morgan fingerprint density at radius 1 is 0.930 bits per heavy atom. The van der Waals surface area contributed by atoms with Crippen LogP contribution in [0.2, 0.25) is 0 Å². The van der Waals surface area contributed by atoms with E-state index in [0.29, 0.717) is 21.3 Å². The van der Waals surface area contributed by atoms with Gasteiger partial charge in [-0.15, -0.1) is 0 Å². The smallest absolute Gasteiger partial charge is 0.308 e. The first kappa shape index (κ1) is 29.4. The number of anilines is 2. The first-order valence-corrected chi connectivity index (χ1v) is 16.1. The predicted octanol–water partition coefficient (Wildman–Crippen LogP) is 6.11. The summed E-state index contributed by atoms with van der Waals surface area (Å²) in [6.45, 7) is 6.11. The van der Waals surface area contributed by atoms with Crippen LogP contribution in [0, 0.1) is 5.92 Å². The van der Waals surface area contributed by atoms with Crippen molar-refractivity contribution in [3.8, 4) is 5.75 Å². The number of fused-ring (bicyclic) bond motifs is 2. The number of thioether (sulfide) groups is 1. The number of halogens is 1. The van der Waals surface area contributed by atoms with E-state index in [1.165, 1.54) is 33.4 Å². The van der Waals surface area contributed by atoms with Gasteiger partial charge in [0.1, 0.15) is 17.5 Å². The van der Waals surface area contributed by atoms with Crippen LogP contribution in [-0.2, 0) is 26.3 Å². The van der Waals surface area contributed by atoms with Crippen LogP contribution in [0.25, 0.3) is 0 Å². The molecule has 4 aromatic rings. The standard InChI is InChI=1S/C32H28BrN3O5S2/c1-32(2,3)18-6-4-17(5-7-18)24-25-26(29(40)36(28(25)39)21-12-8-19(33)9-13-21)42-30-27(24)43-31(41)35(30)16-23(38)34-20-10-14-22(37)15-11-20/h4-15,24-26,37H,16H2,1-3H3,(H,34,38). The summed E-state index contributed by atoms with van der Waals surface area (Å²) in [5.41, 5.74) is 2.85. The minimum atomic E-state index is -0.767. The number of aromatic hydroxyl groups is 1. The molecule has 3 heterocycles. The summed E-state index contributed by atoms with van der Waals surface area (Å²) in [4.78, 5) is 56.0. The number of aromatic nitrogens is 1. The van der Waals surface area contributed by atoms with Gasteiger partial charge >= 0.3 is 4.87 Å². The van der Waals surface area contributed by atoms with E-state index in [4.69, 9.17) is 0 Å². The molecule has 8 nitrogen and oxygen atoms in total. The highest BCUT2D eigenvalue weighted by Crippen LogP contribution is 2.54. The molecule has 1 fully saturated rings. The summed E-state index contributed by atoms with van der Waals surface area (Å²) >= 11 is 5.61. The maximum Gasteiger partial charge on any atom is 0.308 e. The number of phenols is 1. The molecule has 0 bridgehead atoms. The molecule has 11 heteroatoms. The lowest BCUT2D eigenvalue weighted by Crippen LogP contribution is -2.33. The Hall–Kier alpha value is -3.67. The molecule has 3 amide bonds. The third kappa shape index (κ3) is 5.45. The van der Waals surface area contributed by atoms with Gasteiger partial charge < -0.3 is 10.4 Å². The number of thiazole rings is 1. The zero-order chi connectivity index (χ0) is 30.6. The third-order valence-corrected chi connectivity index (χ3v) is 10.9. The number of nitrogens with zero attached hydrogens (tertiary/aromatic N) is 2. The summed E-state index contributed by atoms with van der Waals surface area (Å²) in [7, 11) is 0. The highest BCUT2D eigenvalue weighted by atomic mass is 79.9. The first-order chi connectivity index (χ1) is 20.4. The number of benzene rings is 3. The third-order valence-electron chi connectivity index (χ3n) is 7.72. The Morgan fingerprint density at radius 3 is 2.21 bits per heavy atom. The highest BCUT2D eigenvalue weighted by Gasteiger charge is 2.56. The number of hydrogen-bond donors (Lipinski definition) is 2. The van der Waals surface area contributed by atoms with Gasteiger partial charge in [0.25, 0.3) is 0 Å². The number of imide groups is 1. The van der Waals surface area contributed by atoms with E-state index >= 15 is 0 Å². The molecular weight excluding hydrogens is 650 g/mol. The molecule has 0 spiro atoms. The fraction of sp³-hybridized carbons (Fsp3) is 0.250. The number of carbonyl (C=O) groups excluding carboxylic acids is 3. The van der Waals surface area contributed by atoms with E-state index in [-0.39, 0.29) is 34.4 Å². The number of carbonyl (C=O) groups is 3. The van der Waals surface area contributed by atoms with Gasteiger partial charge in [-0.2, -0.15) is 0 Å². The van der Waals surface area contributed by atoms with Crippen molar-refractivity contribution in [1.82, 2.24) is 4.57 Å². The molecule has 0 aliphatic carbocycles. The fourth-order valence-electron chi connectivity index (χ4n) is 5.54. The second-order valence-corrected chi connectivity index (χ2v) is 14.7. The lowest BCUT2D eigenvalue weighted by Gasteiger charge is -2.31. The minimum Gasteiger partial charge on any atom is -0.508 e. The minimum absolute atomic E-state index is 0.0709. The van der Waals surface area contributed by atoms with Gasteiger partial charge in [0, 0.05) is 21.0 Å². The summed E-state index contributed by atoms with van der Waals surface area (Å²) in [5, 5.41) is 12.1. The summed E-state index contributed by atoms with van der Waals surface area (Å²) in [6.07, 6.45) is 0. The van der Waals surface area contributed by atoms with E-state index in [2.05, 4.69) is 42.0 Å². The molecule has 2 aliphatic rings. The van der Waals surface area contributed by atoms with Crippen molar-refractivity contribution < 1.29 is 19.5 Å². The average Bonchev–Trinajstić information content (AvgIpc) is 3.40. The monoisotopic (exact) mass is 677 g/mol. The second-order valence-electron chi connectivity index (χ2n) is 11.6. The van der Waals surface area contributed by atoms with Crippen molar-refractivity contribution in [3.63, 3.8) is 0 Å². The molecule has 0 saturated carbocycles. The molecule has 3 atom stereocenters. The van der Waals surface area contributed by atoms with E-state index < -0.39 is 23.0 Å². The van der Waals surface area contributed by atoms with Crippen LogP contribution in [0.1, 0.15) is 42.7 Å². The Labute approximate surface area is 264 Å². The van der Waals surface area contributed by atoms with Gasteiger partial charge in [-0.25, -0.2) is 4.90 Å². The van der Waals surface area contributed by atoms with Gasteiger partial charge in [0.05, 0.1) is 16.6 Å². The number of hydrogen-bond acceptors (Lipinski definition) is 7. The lowest BCUT2D eigenvalue weighted by molar-refractivity contribution is -0.122. The number of phenolic OH excluding ortho intramolecular Hbond substituents is 1. The Bertz CT molecular complexity index is 1790. The van der Waals surface area contributed by atoms with Crippen LogP contribution in [0.4, 0.5) is 11.4 Å². The van der Waals surface area contributed by atoms with Gasteiger partial charge in [-0.05, 0) is 65.1 Å². The predicted molar refractivity (Wildman–Crippen MR) is 172 cm³/mol.